The van der Waals surface area contributed by atoms with E-state index in [1.807, 2.05) is 30.5 Å². The summed E-state index contributed by atoms with van der Waals surface area (Å²) in [4.78, 5) is 5.00. The van der Waals surface area contributed by atoms with Crippen LogP contribution in [0.3, 0.4) is 0 Å². The van der Waals surface area contributed by atoms with Gasteiger partial charge in [-0.2, -0.15) is 10.2 Å². The first-order valence-electron chi connectivity index (χ1n) is 3.69. The van der Waals surface area contributed by atoms with E-state index in [9.17, 15) is 0 Å². The van der Waals surface area contributed by atoms with Crippen LogP contribution in [0.4, 0.5) is 0 Å². The number of nitrogens with zero attached hydrogens (tertiary/aromatic N) is 2. The molecule has 0 radical (unpaired) electrons. The summed E-state index contributed by atoms with van der Waals surface area (Å²) < 4.78 is 5.25. The number of hydrogen-bond acceptors (Lipinski definition) is 4. The molecule has 1 aromatic heterocycles. The van der Waals surface area contributed by atoms with Gasteiger partial charge in [0.05, 0.1) is 4.90 Å². The van der Waals surface area contributed by atoms with Gasteiger partial charge in [-0.1, -0.05) is 6.07 Å². The third-order valence-electron chi connectivity index (χ3n) is 1.69. The Labute approximate surface area is 79.4 Å². The average Bonchev–Trinajstić information content (AvgIpc) is 2.59. The van der Waals surface area contributed by atoms with Gasteiger partial charge >= 0.3 is 5.89 Å². The molecule has 0 saturated heterocycles. The van der Waals surface area contributed by atoms with Crippen molar-refractivity contribution in [3.8, 4) is 6.07 Å². The van der Waals surface area contributed by atoms with Gasteiger partial charge in [0, 0.05) is 0 Å². The molecule has 0 aliphatic heterocycles. The fourth-order valence-electron chi connectivity index (χ4n) is 1.13. The second-order valence-electron chi connectivity index (χ2n) is 2.44. The fourth-order valence-corrected chi connectivity index (χ4v) is 1.68. The van der Waals surface area contributed by atoms with Crippen molar-refractivity contribution < 1.29 is 4.42 Å². The summed E-state index contributed by atoms with van der Waals surface area (Å²) in [7, 11) is 0. The quantitative estimate of drug-likeness (QED) is 0.648. The summed E-state index contributed by atoms with van der Waals surface area (Å²) in [5.41, 5.74) is 1.44. The number of rotatable bonds is 1. The van der Waals surface area contributed by atoms with E-state index in [4.69, 9.17) is 9.68 Å². The van der Waals surface area contributed by atoms with Crippen molar-refractivity contribution in [1.29, 1.82) is 5.26 Å². The molecule has 0 bridgehead atoms. The number of fused-ring (bicyclic) bond motifs is 1. The zero-order valence-electron chi connectivity index (χ0n) is 6.94. The summed E-state index contributed by atoms with van der Waals surface area (Å²) in [6.07, 6.45) is 1.96. The molecule has 0 atom stereocenters. The van der Waals surface area contributed by atoms with Crippen molar-refractivity contribution in [3.05, 3.63) is 24.1 Å². The van der Waals surface area contributed by atoms with Crippen molar-refractivity contribution in [2.45, 2.75) is 4.90 Å². The zero-order chi connectivity index (χ0) is 9.26. The van der Waals surface area contributed by atoms with Gasteiger partial charge in [-0.3, -0.25) is 0 Å². The molecule has 0 aliphatic carbocycles. The lowest BCUT2D eigenvalue weighted by atomic mass is 10.3. The van der Waals surface area contributed by atoms with E-state index in [0.717, 1.165) is 10.4 Å². The second-order valence-corrected chi connectivity index (χ2v) is 3.29. The summed E-state index contributed by atoms with van der Waals surface area (Å²) in [6.45, 7) is 0. The third-order valence-corrected chi connectivity index (χ3v) is 2.46. The highest BCUT2D eigenvalue weighted by molar-refractivity contribution is 7.98. The summed E-state index contributed by atoms with van der Waals surface area (Å²) in [5, 5.41) is 8.59. The third kappa shape index (κ3) is 1.27. The molecule has 1 aromatic carbocycles. The molecule has 4 heteroatoms. The molecule has 1 heterocycles. The Kier molecular flexibility index (Phi) is 1.95. The number of benzene rings is 1. The van der Waals surface area contributed by atoms with Crippen molar-refractivity contribution in [3.63, 3.8) is 0 Å². The first kappa shape index (κ1) is 8.14. The highest BCUT2D eigenvalue weighted by Crippen LogP contribution is 2.26. The molecular weight excluding hydrogens is 184 g/mol. The van der Waals surface area contributed by atoms with E-state index in [0.29, 0.717) is 5.58 Å². The van der Waals surface area contributed by atoms with E-state index in [-0.39, 0.29) is 5.89 Å². The van der Waals surface area contributed by atoms with Gasteiger partial charge in [-0.05, 0) is 18.4 Å². The Hall–Kier alpha value is -1.47. The lowest BCUT2D eigenvalue weighted by Crippen LogP contribution is -1.71. The number of hydrogen-bond donors (Lipinski definition) is 0. The maximum absolute atomic E-state index is 8.59. The predicted octanol–water partition coefficient (Wildman–Crippen LogP) is 2.42. The van der Waals surface area contributed by atoms with Gasteiger partial charge in [0.25, 0.3) is 0 Å². The number of aromatic nitrogens is 1. The largest absolute Gasteiger partial charge is 0.427 e. The minimum atomic E-state index is 0.122. The molecule has 0 unspecified atom stereocenters. The van der Waals surface area contributed by atoms with Crippen LogP contribution in [0.5, 0.6) is 0 Å². The fraction of sp³-hybridized carbons (Fsp3) is 0.111. The molecule has 13 heavy (non-hydrogen) atoms. The van der Waals surface area contributed by atoms with E-state index in [2.05, 4.69) is 4.98 Å². The molecule has 2 aromatic rings. The lowest BCUT2D eigenvalue weighted by molar-refractivity contribution is 0.578. The zero-order valence-corrected chi connectivity index (χ0v) is 7.76. The molecule has 2 rings (SSSR count). The first-order chi connectivity index (χ1) is 6.35. The molecular formula is C9H6N2OS. The smallest absolute Gasteiger partial charge is 0.301 e. The van der Waals surface area contributed by atoms with E-state index in [1.54, 1.807) is 11.8 Å². The lowest BCUT2D eigenvalue weighted by Gasteiger charge is -1.93. The van der Waals surface area contributed by atoms with Crippen LogP contribution in [0, 0.1) is 11.3 Å². The number of oxazole rings is 1. The highest BCUT2D eigenvalue weighted by atomic mass is 32.2. The van der Waals surface area contributed by atoms with Gasteiger partial charge in [-0.15, -0.1) is 11.8 Å². The summed E-state index contributed by atoms with van der Waals surface area (Å²) in [6, 6.07) is 7.56. The van der Waals surface area contributed by atoms with Crippen LogP contribution in [0.2, 0.25) is 0 Å². The van der Waals surface area contributed by atoms with Crippen LogP contribution in [0.15, 0.2) is 27.5 Å². The SMILES string of the molecule is CSc1cccc2nc(C#N)oc12. The average molecular weight is 190 g/mol. The summed E-state index contributed by atoms with van der Waals surface area (Å²) >= 11 is 1.58. The summed E-state index contributed by atoms with van der Waals surface area (Å²) in [5.74, 6) is 0.122. The topological polar surface area (TPSA) is 49.8 Å². The van der Waals surface area contributed by atoms with Crippen LogP contribution in [0.1, 0.15) is 5.89 Å². The van der Waals surface area contributed by atoms with E-state index in [1.165, 1.54) is 0 Å². The number of thioether (sulfide) groups is 1. The second kappa shape index (κ2) is 3.11. The molecule has 0 spiro atoms. The van der Waals surface area contributed by atoms with Crippen LogP contribution in [-0.4, -0.2) is 11.2 Å². The van der Waals surface area contributed by atoms with Crippen molar-refractivity contribution >= 4 is 22.9 Å². The molecule has 0 fully saturated rings. The molecule has 0 amide bonds. The number of para-hydroxylation sites is 1. The van der Waals surface area contributed by atoms with Crippen LogP contribution in [0.25, 0.3) is 11.1 Å². The maximum atomic E-state index is 8.59. The Morgan fingerprint density at radius 1 is 1.54 bits per heavy atom. The van der Waals surface area contributed by atoms with Crippen molar-refractivity contribution in [2.75, 3.05) is 6.26 Å². The van der Waals surface area contributed by atoms with E-state index >= 15 is 0 Å². The molecule has 64 valence electrons. The van der Waals surface area contributed by atoms with Gasteiger partial charge in [-0.25, -0.2) is 0 Å². The minimum absolute atomic E-state index is 0.122. The molecule has 0 saturated carbocycles. The normalized spacial score (nSPS) is 10.2. The van der Waals surface area contributed by atoms with Crippen LogP contribution < -0.4 is 0 Å². The molecule has 0 N–H and O–H groups in total. The Balaban J connectivity index is 2.76. The monoisotopic (exact) mass is 190 g/mol. The predicted molar refractivity (Wildman–Crippen MR) is 50.5 cm³/mol. The van der Waals surface area contributed by atoms with Crippen LogP contribution in [-0.2, 0) is 0 Å². The first-order valence-corrected chi connectivity index (χ1v) is 4.91. The number of nitriles is 1. The van der Waals surface area contributed by atoms with Crippen molar-refractivity contribution in [2.24, 2.45) is 0 Å². The minimum Gasteiger partial charge on any atom is -0.427 e. The van der Waals surface area contributed by atoms with E-state index < -0.39 is 0 Å². The molecule has 3 nitrogen and oxygen atoms in total. The highest BCUT2D eigenvalue weighted by Gasteiger charge is 2.07. The van der Waals surface area contributed by atoms with Crippen molar-refractivity contribution in [1.82, 2.24) is 4.98 Å². The van der Waals surface area contributed by atoms with Gasteiger partial charge in [0.2, 0.25) is 0 Å². The van der Waals surface area contributed by atoms with Crippen LogP contribution >= 0.6 is 11.8 Å². The maximum Gasteiger partial charge on any atom is 0.301 e. The standard InChI is InChI=1S/C9H6N2OS/c1-13-7-4-2-3-6-9(7)12-8(5-10)11-6/h2-4H,1H3. The van der Waals surface area contributed by atoms with Gasteiger partial charge in [0.15, 0.2) is 11.7 Å². The Morgan fingerprint density at radius 2 is 2.38 bits per heavy atom. The van der Waals surface area contributed by atoms with Gasteiger partial charge in [0.1, 0.15) is 5.52 Å². The van der Waals surface area contributed by atoms with Gasteiger partial charge < -0.3 is 4.42 Å². The molecule has 0 aliphatic rings. The Morgan fingerprint density at radius 3 is 3.08 bits per heavy atom. The Bertz CT molecular complexity index is 484.